The fraction of sp³-hybridized carbons (Fsp3) is 0.263. The van der Waals surface area contributed by atoms with Gasteiger partial charge in [-0.2, -0.15) is 0 Å². The molecule has 136 valence electrons. The van der Waals surface area contributed by atoms with Gasteiger partial charge in [-0.25, -0.2) is 9.18 Å². The Balaban J connectivity index is 1.56. The molecule has 6 nitrogen and oxygen atoms in total. The Labute approximate surface area is 150 Å². The molecule has 0 aromatic heterocycles. The average Bonchev–Trinajstić information content (AvgIpc) is 2.94. The minimum atomic E-state index is -0.403. The van der Waals surface area contributed by atoms with Gasteiger partial charge in [-0.1, -0.05) is 24.3 Å². The molecule has 7 heteroatoms. The molecule has 2 aromatic rings. The Morgan fingerprint density at radius 3 is 2.85 bits per heavy atom. The molecular formula is C19H20FN3O3. The number of carbonyl (C=O) groups excluding carboxylic acids is 2. The number of halogens is 1. The van der Waals surface area contributed by atoms with Gasteiger partial charge in [-0.15, -0.1) is 0 Å². The van der Waals surface area contributed by atoms with Crippen molar-refractivity contribution in [1.29, 1.82) is 0 Å². The molecule has 0 bridgehead atoms. The van der Waals surface area contributed by atoms with Crippen molar-refractivity contribution < 1.29 is 18.7 Å². The first kappa shape index (κ1) is 17.7. The number of likely N-dealkylation sites (tertiary alicyclic amines) is 1. The smallest absolute Gasteiger partial charge is 0.319 e. The lowest BCUT2D eigenvalue weighted by Crippen LogP contribution is -2.39. The SMILES string of the molecule is COc1ccccc1NC(=O)NC1CC(=O)N(Cc2cccc(F)c2)C1. The van der Waals surface area contributed by atoms with Gasteiger partial charge in [-0.05, 0) is 29.8 Å². The second-order valence-electron chi connectivity index (χ2n) is 6.10. The van der Waals surface area contributed by atoms with Crippen molar-refractivity contribution in [3.63, 3.8) is 0 Å². The summed E-state index contributed by atoms with van der Waals surface area (Å²) in [6, 6.07) is 12.5. The molecule has 0 radical (unpaired) electrons. The number of hydrogen-bond donors (Lipinski definition) is 2. The normalized spacial score (nSPS) is 16.5. The highest BCUT2D eigenvalue weighted by Crippen LogP contribution is 2.23. The molecule has 3 rings (SSSR count). The summed E-state index contributed by atoms with van der Waals surface area (Å²) in [6.07, 6.45) is 0.217. The zero-order valence-corrected chi connectivity index (χ0v) is 14.4. The van der Waals surface area contributed by atoms with Gasteiger partial charge < -0.3 is 20.3 Å². The number of ether oxygens (including phenoxy) is 1. The minimum absolute atomic E-state index is 0.0724. The highest BCUT2D eigenvalue weighted by Gasteiger charge is 2.30. The van der Waals surface area contributed by atoms with Gasteiger partial charge >= 0.3 is 6.03 Å². The van der Waals surface area contributed by atoms with Crippen molar-refractivity contribution in [3.8, 4) is 5.75 Å². The second-order valence-corrected chi connectivity index (χ2v) is 6.10. The van der Waals surface area contributed by atoms with Gasteiger partial charge in [0.05, 0.1) is 18.8 Å². The van der Waals surface area contributed by atoms with Crippen LogP contribution in [0.3, 0.4) is 0 Å². The topological polar surface area (TPSA) is 70.7 Å². The van der Waals surface area contributed by atoms with Crippen LogP contribution in [0.2, 0.25) is 0 Å². The Kier molecular flexibility index (Phi) is 5.36. The summed E-state index contributed by atoms with van der Waals surface area (Å²) in [7, 11) is 1.53. The van der Waals surface area contributed by atoms with E-state index in [0.717, 1.165) is 5.56 Å². The zero-order chi connectivity index (χ0) is 18.5. The molecule has 1 atom stereocenters. The first-order valence-electron chi connectivity index (χ1n) is 8.28. The number of methoxy groups -OCH3 is 1. The number of para-hydroxylation sites is 2. The summed E-state index contributed by atoms with van der Waals surface area (Å²) >= 11 is 0. The quantitative estimate of drug-likeness (QED) is 0.864. The maximum absolute atomic E-state index is 13.3. The van der Waals surface area contributed by atoms with Crippen LogP contribution in [0.15, 0.2) is 48.5 Å². The predicted molar refractivity (Wildman–Crippen MR) is 95.4 cm³/mol. The minimum Gasteiger partial charge on any atom is -0.495 e. The van der Waals surface area contributed by atoms with Gasteiger partial charge in [0.2, 0.25) is 5.91 Å². The summed E-state index contributed by atoms with van der Waals surface area (Å²) in [5.41, 5.74) is 1.27. The van der Waals surface area contributed by atoms with Crippen molar-refractivity contribution in [1.82, 2.24) is 10.2 Å². The molecule has 26 heavy (non-hydrogen) atoms. The molecule has 1 aliphatic heterocycles. The van der Waals surface area contributed by atoms with Gasteiger partial charge in [0.15, 0.2) is 0 Å². The number of nitrogens with one attached hydrogen (secondary N) is 2. The van der Waals surface area contributed by atoms with Crippen molar-refractivity contribution >= 4 is 17.6 Å². The lowest BCUT2D eigenvalue weighted by atomic mass is 10.2. The average molecular weight is 357 g/mol. The fourth-order valence-electron chi connectivity index (χ4n) is 2.97. The van der Waals surface area contributed by atoms with Gasteiger partial charge in [0, 0.05) is 19.5 Å². The van der Waals surface area contributed by atoms with E-state index in [9.17, 15) is 14.0 Å². The standard InChI is InChI=1S/C19H20FN3O3/c1-26-17-8-3-2-7-16(17)22-19(25)21-15-10-18(24)23(12-15)11-13-5-4-6-14(20)9-13/h2-9,15H,10-12H2,1H3,(H2,21,22,25). The van der Waals surface area contributed by atoms with Crippen LogP contribution in [0.5, 0.6) is 5.75 Å². The molecule has 1 fully saturated rings. The first-order valence-corrected chi connectivity index (χ1v) is 8.28. The number of nitrogens with zero attached hydrogens (tertiary/aromatic N) is 1. The fourth-order valence-corrected chi connectivity index (χ4v) is 2.97. The van der Waals surface area contributed by atoms with Crippen LogP contribution in [-0.4, -0.2) is 36.5 Å². The second kappa shape index (κ2) is 7.86. The zero-order valence-electron chi connectivity index (χ0n) is 14.4. The van der Waals surface area contributed by atoms with Crippen LogP contribution in [0, 0.1) is 5.82 Å². The third kappa shape index (κ3) is 4.30. The number of amides is 3. The Morgan fingerprint density at radius 2 is 2.08 bits per heavy atom. The van der Waals surface area contributed by atoms with E-state index in [4.69, 9.17) is 4.74 Å². The summed E-state index contributed by atoms with van der Waals surface area (Å²) < 4.78 is 18.5. The first-order chi connectivity index (χ1) is 12.5. The van der Waals surface area contributed by atoms with E-state index in [0.29, 0.717) is 24.5 Å². The van der Waals surface area contributed by atoms with E-state index in [2.05, 4.69) is 10.6 Å². The lowest BCUT2D eigenvalue weighted by Gasteiger charge is -2.18. The Morgan fingerprint density at radius 1 is 1.27 bits per heavy atom. The maximum atomic E-state index is 13.3. The molecule has 3 amide bonds. The van der Waals surface area contributed by atoms with Crippen LogP contribution < -0.4 is 15.4 Å². The molecule has 0 saturated carbocycles. The lowest BCUT2D eigenvalue weighted by molar-refractivity contribution is -0.128. The van der Waals surface area contributed by atoms with E-state index < -0.39 is 6.03 Å². The van der Waals surface area contributed by atoms with Crippen LogP contribution >= 0.6 is 0 Å². The van der Waals surface area contributed by atoms with Crippen molar-refractivity contribution in [2.75, 3.05) is 19.0 Å². The number of carbonyl (C=O) groups is 2. The Hall–Kier alpha value is -3.09. The number of benzene rings is 2. The van der Waals surface area contributed by atoms with E-state index in [1.54, 1.807) is 35.2 Å². The largest absolute Gasteiger partial charge is 0.495 e. The molecule has 2 N–H and O–H groups in total. The molecule has 0 aliphatic carbocycles. The monoisotopic (exact) mass is 357 g/mol. The van der Waals surface area contributed by atoms with Crippen molar-refractivity contribution in [2.24, 2.45) is 0 Å². The number of hydrogen-bond acceptors (Lipinski definition) is 3. The molecule has 1 unspecified atom stereocenters. The van der Waals surface area contributed by atoms with Crippen molar-refractivity contribution in [2.45, 2.75) is 19.0 Å². The van der Waals surface area contributed by atoms with E-state index in [-0.39, 0.29) is 24.2 Å². The van der Waals surface area contributed by atoms with Crippen LogP contribution in [-0.2, 0) is 11.3 Å². The van der Waals surface area contributed by atoms with Gasteiger partial charge in [-0.3, -0.25) is 4.79 Å². The van der Waals surface area contributed by atoms with Gasteiger partial charge in [0.25, 0.3) is 0 Å². The third-order valence-electron chi connectivity index (χ3n) is 4.17. The van der Waals surface area contributed by atoms with Crippen LogP contribution in [0.25, 0.3) is 0 Å². The van der Waals surface area contributed by atoms with Crippen LogP contribution in [0.4, 0.5) is 14.9 Å². The van der Waals surface area contributed by atoms with E-state index in [1.807, 2.05) is 6.07 Å². The van der Waals surface area contributed by atoms with Crippen LogP contribution in [0.1, 0.15) is 12.0 Å². The summed E-state index contributed by atoms with van der Waals surface area (Å²) in [5.74, 6) is 0.148. The van der Waals surface area contributed by atoms with Crippen molar-refractivity contribution in [3.05, 3.63) is 59.9 Å². The molecular weight excluding hydrogens is 337 g/mol. The summed E-state index contributed by atoms with van der Waals surface area (Å²) in [6.45, 7) is 0.706. The summed E-state index contributed by atoms with van der Waals surface area (Å²) in [4.78, 5) is 26.0. The molecule has 1 aliphatic rings. The predicted octanol–water partition coefficient (Wildman–Crippen LogP) is 2.76. The number of anilines is 1. The highest BCUT2D eigenvalue weighted by atomic mass is 19.1. The maximum Gasteiger partial charge on any atom is 0.319 e. The highest BCUT2D eigenvalue weighted by molar-refractivity contribution is 5.92. The number of rotatable bonds is 5. The third-order valence-corrected chi connectivity index (χ3v) is 4.17. The molecule has 1 saturated heterocycles. The van der Waals surface area contributed by atoms with Gasteiger partial charge in [0.1, 0.15) is 11.6 Å². The summed E-state index contributed by atoms with van der Waals surface area (Å²) in [5, 5.41) is 5.51. The molecule has 0 spiro atoms. The molecule has 1 heterocycles. The Bertz CT molecular complexity index is 812. The molecule has 2 aromatic carbocycles. The van der Waals surface area contributed by atoms with E-state index in [1.165, 1.54) is 19.2 Å². The van der Waals surface area contributed by atoms with E-state index >= 15 is 0 Å². The number of urea groups is 1.